The summed E-state index contributed by atoms with van der Waals surface area (Å²) >= 11 is 0. The Morgan fingerprint density at radius 2 is 2.00 bits per heavy atom. The lowest BCUT2D eigenvalue weighted by molar-refractivity contribution is -0.145. The minimum atomic E-state index is -0.673. The van der Waals surface area contributed by atoms with Crippen LogP contribution in [-0.4, -0.2) is 53.6 Å². The highest BCUT2D eigenvalue weighted by atomic mass is 33.1. The molecule has 1 aliphatic heterocycles. The van der Waals surface area contributed by atoms with Gasteiger partial charge in [-0.05, 0) is 50.7 Å². The fraction of sp³-hybridized carbons (Fsp3) is 0.591. The number of unbranched alkanes of at least 4 members (excludes halogenated alkanes) is 2. The molecule has 0 spiro atoms. The van der Waals surface area contributed by atoms with E-state index in [9.17, 15) is 19.5 Å². The second kappa shape index (κ2) is 14.2. The van der Waals surface area contributed by atoms with Crippen LogP contribution in [-0.2, 0) is 14.3 Å². The number of aromatic hydroxyl groups is 1. The summed E-state index contributed by atoms with van der Waals surface area (Å²) in [5.41, 5.74) is 0.229. The summed E-state index contributed by atoms with van der Waals surface area (Å²) in [5.74, 6) is 0.234. The standard InChI is InChI=1S/C22H32N2O5S2/c1-29-22(28)18(24-20(26)12-5-2-8-16-13-15-30-31-16)10-6-7-14-23-21(27)17-9-3-4-11-19(17)25/h3-4,9,11,16,18,25H,2,5-8,10,12-15H2,1H3,(H,23,27)(H,24,26). The quantitative estimate of drug-likeness (QED) is 0.230. The maximum Gasteiger partial charge on any atom is 0.328 e. The summed E-state index contributed by atoms with van der Waals surface area (Å²) in [7, 11) is 5.18. The summed E-state index contributed by atoms with van der Waals surface area (Å²) in [6.07, 6.45) is 6.36. The third kappa shape index (κ3) is 9.43. The van der Waals surface area contributed by atoms with Crippen LogP contribution in [0.3, 0.4) is 0 Å². The first kappa shape index (κ1) is 25.4. The van der Waals surface area contributed by atoms with Crippen LogP contribution in [0.25, 0.3) is 0 Å². The van der Waals surface area contributed by atoms with Gasteiger partial charge in [-0.1, -0.05) is 40.1 Å². The number of carbonyl (C=O) groups is 3. The number of nitrogens with one attached hydrogen (secondary N) is 2. The molecular formula is C22H32N2O5S2. The Balaban J connectivity index is 1.63. The van der Waals surface area contributed by atoms with Gasteiger partial charge in [0.1, 0.15) is 11.8 Å². The van der Waals surface area contributed by atoms with Gasteiger partial charge in [0, 0.05) is 24.0 Å². The molecule has 31 heavy (non-hydrogen) atoms. The zero-order valence-corrected chi connectivity index (χ0v) is 19.6. The molecule has 0 bridgehead atoms. The number of phenols is 1. The summed E-state index contributed by atoms with van der Waals surface area (Å²) in [6.45, 7) is 0.409. The van der Waals surface area contributed by atoms with Gasteiger partial charge in [0.15, 0.2) is 0 Å². The molecule has 7 nitrogen and oxygen atoms in total. The average Bonchev–Trinajstić information content (AvgIpc) is 3.29. The van der Waals surface area contributed by atoms with E-state index in [2.05, 4.69) is 10.6 Å². The number of phenolic OH excluding ortho intramolecular Hbond substituents is 1. The van der Waals surface area contributed by atoms with Gasteiger partial charge in [-0.25, -0.2) is 4.79 Å². The minimum absolute atomic E-state index is 0.0608. The monoisotopic (exact) mass is 468 g/mol. The number of carbonyl (C=O) groups excluding carboxylic acids is 3. The zero-order chi connectivity index (χ0) is 22.5. The van der Waals surface area contributed by atoms with Crippen molar-refractivity contribution in [2.75, 3.05) is 19.4 Å². The fourth-order valence-corrected chi connectivity index (χ4v) is 6.34. The Bertz CT molecular complexity index is 726. The smallest absolute Gasteiger partial charge is 0.328 e. The van der Waals surface area contributed by atoms with E-state index in [1.54, 1.807) is 18.2 Å². The van der Waals surface area contributed by atoms with Gasteiger partial charge in [0.25, 0.3) is 5.91 Å². The highest BCUT2D eigenvalue weighted by molar-refractivity contribution is 8.77. The number of rotatable bonds is 13. The topological polar surface area (TPSA) is 105 Å². The number of esters is 1. The van der Waals surface area contributed by atoms with Crippen LogP contribution in [0.15, 0.2) is 24.3 Å². The van der Waals surface area contributed by atoms with E-state index in [-0.39, 0.29) is 23.1 Å². The van der Waals surface area contributed by atoms with Gasteiger partial charge in [-0.2, -0.15) is 0 Å². The maximum absolute atomic E-state index is 12.2. The molecule has 9 heteroatoms. The molecule has 2 amide bonds. The van der Waals surface area contributed by atoms with Crippen LogP contribution in [0.1, 0.15) is 61.7 Å². The Labute approximate surface area is 191 Å². The highest BCUT2D eigenvalue weighted by Gasteiger charge is 2.21. The molecule has 1 aromatic carbocycles. The molecule has 2 unspecified atom stereocenters. The first-order chi connectivity index (χ1) is 15.0. The van der Waals surface area contributed by atoms with Gasteiger partial charge < -0.3 is 20.5 Å². The second-order valence-electron chi connectivity index (χ2n) is 7.49. The predicted molar refractivity (Wildman–Crippen MR) is 125 cm³/mol. The summed E-state index contributed by atoms with van der Waals surface area (Å²) in [5, 5.41) is 16.0. The molecular weight excluding hydrogens is 436 g/mol. The van der Waals surface area contributed by atoms with Crippen LogP contribution >= 0.6 is 21.6 Å². The molecule has 1 fully saturated rings. The van der Waals surface area contributed by atoms with Crippen molar-refractivity contribution in [1.29, 1.82) is 0 Å². The number of methoxy groups -OCH3 is 1. The van der Waals surface area contributed by atoms with E-state index in [1.165, 1.54) is 25.3 Å². The first-order valence-electron chi connectivity index (χ1n) is 10.7. The predicted octanol–water partition coefficient (Wildman–Crippen LogP) is 3.66. The number of ether oxygens (including phenoxy) is 1. The Morgan fingerprint density at radius 3 is 2.71 bits per heavy atom. The van der Waals surface area contributed by atoms with Crippen molar-refractivity contribution in [3.8, 4) is 5.75 Å². The SMILES string of the molecule is COC(=O)C(CCCCNC(=O)c1ccccc1O)NC(=O)CCCCC1CCSS1. The summed E-state index contributed by atoms with van der Waals surface area (Å²) < 4.78 is 4.82. The lowest BCUT2D eigenvalue weighted by atomic mass is 10.1. The van der Waals surface area contributed by atoms with Crippen molar-refractivity contribution < 1.29 is 24.2 Å². The van der Waals surface area contributed by atoms with Crippen molar-refractivity contribution in [3.63, 3.8) is 0 Å². The van der Waals surface area contributed by atoms with Crippen LogP contribution in [0.5, 0.6) is 5.75 Å². The Morgan fingerprint density at radius 1 is 1.19 bits per heavy atom. The third-order valence-corrected chi connectivity index (χ3v) is 8.09. The molecule has 1 aliphatic rings. The number of hydrogen-bond acceptors (Lipinski definition) is 7. The molecule has 2 rings (SSSR count). The molecule has 2 atom stereocenters. The van der Waals surface area contributed by atoms with Gasteiger partial charge in [0.05, 0.1) is 12.7 Å². The lowest BCUT2D eigenvalue weighted by Crippen LogP contribution is -2.41. The molecule has 172 valence electrons. The summed E-state index contributed by atoms with van der Waals surface area (Å²) in [6, 6.07) is 5.68. The molecule has 0 aliphatic carbocycles. The van der Waals surface area contributed by atoms with Gasteiger partial charge in [-0.15, -0.1) is 0 Å². The number of amides is 2. The van der Waals surface area contributed by atoms with E-state index in [4.69, 9.17) is 4.74 Å². The average molecular weight is 469 g/mol. The maximum atomic E-state index is 12.2. The first-order valence-corrected chi connectivity index (χ1v) is 13.1. The van der Waals surface area contributed by atoms with Crippen molar-refractivity contribution in [1.82, 2.24) is 10.6 Å². The zero-order valence-electron chi connectivity index (χ0n) is 17.9. The van der Waals surface area contributed by atoms with E-state index in [0.717, 1.165) is 19.3 Å². The molecule has 0 saturated carbocycles. The molecule has 1 heterocycles. The van der Waals surface area contributed by atoms with Gasteiger partial charge in [0.2, 0.25) is 5.91 Å². The van der Waals surface area contributed by atoms with Gasteiger partial charge in [-0.3, -0.25) is 9.59 Å². The number of para-hydroxylation sites is 1. The second-order valence-corrected chi connectivity index (χ2v) is 10.3. The molecule has 0 aromatic heterocycles. The largest absolute Gasteiger partial charge is 0.507 e. The number of hydrogen-bond donors (Lipinski definition) is 3. The van der Waals surface area contributed by atoms with Crippen LogP contribution in [0.4, 0.5) is 0 Å². The van der Waals surface area contributed by atoms with Gasteiger partial charge >= 0.3 is 5.97 Å². The minimum Gasteiger partial charge on any atom is -0.507 e. The Hall–Kier alpha value is -1.87. The van der Waals surface area contributed by atoms with E-state index in [0.29, 0.717) is 37.5 Å². The lowest BCUT2D eigenvalue weighted by Gasteiger charge is -2.16. The van der Waals surface area contributed by atoms with Crippen LogP contribution in [0, 0.1) is 0 Å². The molecule has 1 saturated heterocycles. The highest BCUT2D eigenvalue weighted by Crippen LogP contribution is 2.39. The normalized spacial score (nSPS) is 16.5. The summed E-state index contributed by atoms with van der Waals surface area (Å²) in [4.78, 5) is 36.3. The number of benzene rings is 1. The van der Waals surface area contributed by atoms with Crippen LogP contribution < -0.4 is 10.6 Å². The Kier molecular flexibility index (Phi) is 11.7. The third-order valence-electron chi connectivity index (χ3n) is 5.08. The van der Waals surface area contributed by atoms with Crippen molar-refractivity contribution >= 4 is 39.4 Å². The van der Waals surface area contributed by atoms with Crippen LogP contribution in [0.2, 0.25) is 0 Å². The molecule has 0 radical (unpaired) electrons. The van der Waals surface area contributed by atoms with Crippen molar-refractivity contribution in [2.45, 2.75) is 62.7 Å². The van der Waals surface area contributed by atoms with Crippen molar-refractivity contribution in [3.05, 3.63) is 29.8 Å². The van der Waals surface area contributed by atoms with E-state index in [1.807, 2.05) is 21.6 Å². The molecule has 3 N–H and O–H groups in total. The van der Waals surface area contributed by atoms with E-state index >= 15 is 0 Å². The van der Waals surface area contributed by atoms with Crippen molar-refractivity contribution in [2.24, 2.45) is 0 Å². The molecule has 1 aromatic rings. The fourth-order valence-electron chi connectivity index (χ4n) is 3.32. The van der Waals surface area contributed by atoms with E-state index < -0.39 is 12.0 Å².